The topological polar surface area (TPSA) is 42.4 Å². The van der Waals surface area contributed by atoms with Gasteiger partial charge < -0.3 is 9.64 Å². The van der Waals surface area contributed by atoms with E-state index in [9.17, 15) is 9.18 Å². The lowest BCUT2D eigenvalue weighted by molar-refractivity contribution is 0.0288. The van der Waals surface area contributed by atoms with Gasteiger partial charge in [-0.1, -0.05) is 0 Å². The van der Waals surface area contributed by atoms with Crippen molar-refractivity contribution in [3.05, 3.63) is 29.3 Å². The average Bonchev–Trinajstić information content (AvgIpc) is 2.82. The van der Waals surface area contributed by atoms with E-state index < -0.39 is 5.60 Å². The Morgan fingerprint density at radius 2 is 2.24 bits per heavy atom. The van der Waals surface area contributed by atoms with Crippen LogP contribution >= 0.6 is 0 Å². The molecule has 0 aromatic carbocycles. The molecule has 1 aromatic heterocycles. The minimum atomic E-state index is -0.487. The summed E-state index contributed by atoms with van der Waals surface area (Å²) in [7, 11) is 0. The maximum atomic E-state index is 14.0. The van der Waals surface area contributed by atoms with Gasteiger partial charge in [0.2, 0.25) is 0 Å². The van der Waals surface area contributed by atoms with Crippen LogP contribution in [-0.2, 0) is 11.2 Å². The minimum absolute atomic E-state index is 0.229. The van der Waals surface area contributed by atoms with Crippen molar-refractivity contribution in [3.8, 4) is 0 Å². The predicted octanol–water partition coefficient (Wildman–Crippen LogP) is 3.33. The molecule has 0 aliphatic carbocycles. The van der Waals surface area contributed by atoms with Gasteiger partial charge in [0.25, 0.3) is 0 Å². The Morgan fingerprint density at radius 1 is 1.52 bits per heavy atom. The second kappa shape index (κ2) is 6.00. The Bertz CT molecular complexity index is 525. The van der Waals surface area contributed by atoms with E-state index in [1.165, 1.54) is 0 Å². The van der Waals surface area contributed by atoms with Gasteiger partial charge in [-0.2, -0.15) is 0 Å². The van der Waals surface area contributed by atoms with Gasteiger partial charge in [-0.15, -0.1) is 0 Å². The van der Waals surface area contributed by atoms with Gasteiger partial charge in [0.05, 0.1) is 5.69 Å². The molecule has 4 nitrogen and oxygen atoms in total. The molecule has 1 saturated heterocycles. The third kappa shape index (κ3) is 4.16. The third-order valence-electron chi connectivity index (χ3n) is 3.57. The Labute approximate surface area is 125 Å². The van der Waals surface area contributed by atoms with Crippen molar-refractivity contribution < 1.29 is 13.9 Å². The van der Waals surface area contributed by atoms with E-state index in [0.717, 1.165) is 6.42 Å². The average molecular weight is 294 g/mol. The molecule has 2 rings (SSSR count). The maximum absolute atomic E-state index is 14.0. The van der Waals surface area contributed by atoms with Crippen molar-refractivity contribution in [3.63, 3.8) is 0 Å². The summed E-state index contributed by atoms with van der Waals surface area (Å²) in [5.41, 5.74) is 0.618. The van der Waals surface area contributed by atoms with E-state index in [1.54, 1.807) is 24.1 Å². The van der Waals surface area contributed by atoms with Gasteiger partial charge in [-0.25, -0.2) is 9.18 Å². The number of carbonyl (C=O) groups is 1. The molecule has 1 amide bonds. The Kier molecular flexibility index (Phi) is 4.49. The van der Waals surface area contributed by atoms with Crippen LogP contribution in [0.4, 0.5) is 9.18 Å². The maximum Gasteiger partial charge on any atom is 0.410 e. The molecular weight excluding hydrogens is 271 g/mol. The van der Waals surface area contributed by atoms with Crippen LogP contribution in [0.5, 0.6) is 0 Å². The van der Waals surface area contributed by atoms with Crippen LogP contribution in [0.1, 0.15) is 38.4 Å². The lowest BCUT2D eigenvalue weighted by atomic mass is 10.0. The van der Waals surface area contributed by atoms with Crippen molar-refractivity contribution >= 4 is 6.09 Å². The summed E-state index contributed by atoms with van der Waals surface area (Å²) in [5, 5.41) is 0. The quantitative estimate of drug-likeness (QED) is 0.840. The SMILES string of the molecule is Cc1ccnc(CC2CCN(C(=O)OC(C)(C)C)C2)c1F. The molecule has 0 saturated carbocycles. The van der Waals surface area contributed by atoms with Crippen molar-refractivity contribution in [2.45, 2.75) is 46.1 Å². The van der Waals surface area contributed by atoms with Crippen LogP contribution in [-0.4, -0.2) is 34.7 Å². The molecule has 0 radical (unpaired) electrons. The zero-order chi connectivity index (χ0) is 15.6. The molecule has 1 atom stereocenters. The molecule has 1 fully saturated rings. The van der Waals surface area contributed by atoms with Gasteiger partial charge in [-0.05, 0) is 58.1 Å². The van der Waals surface area contributed by atoms with Gasteiger partial charge in [0, 0.05) is 19.3 Å². The van der Waals surface area contributed by atoms with Gasteiger partial charge in [-0.3, -0.25) is 4.98 Å². The van der Waals surface area contributed by atoms with Crippen LogP contribution in [0.2, 0.25) is 0 Å². The molecule has 1 unspecified atom stereocenters. The Hall–Kier alpha value is -1.65. The lowest BCUT2D eigenvalue weighted by Crippen LogP contribution is -2.35. The summed E-state index contributed by atoms with van der Waals surface area (Å²) in [5.74, 6) is 0.00883. The highest BCUT2D eigenvalue weighted by molar-refractivity contribution is 5.68. The van der Waals surface area contributed by atoms with E-state index in [2.05, 4.69) is 4.98 Å². The number of hydrogen-bond acceptors (Lipinski definition) is 3. The number of nitrogens with zero attached hydrogens (tertiary/aromatic N) is 2. The summed E-state index contributed by atoms with van der Waals surface area (Å²) in [4.78, 5) is 17.8. The summed E-state index contributed by atoms with van der Waals surface area (Å²) in [6.07, 6.45) is 2.76. The summed E-state index contributed by atoms with van der Waals surface area (Å²) >= 11 is 0. The lowest BCUT2D eigenvalue weighted by Gasteiger charge is -2.24. The summed E-state index contributed by atoms with van der Waals surface area (Å²) < 4.78 is 19.3. The number of hydrogen-bond donors (Lipinski definition) is 0. The van der Waals surface area contributed by atoms with Crippen LogP contribution in [0.15, 0.2) is 12.3 Å². The zero-order valence-electron chi connectivity index (χ0n) is 13.1. The second-order valence-electron chi connectivity index (χ2n) is 6.67. The van der Waals surface area contributed by atoms with Crippen molar-refractivity contribution in [2.75, 3.05) is 13.1 Å². The van der Waals surface area contributed by atoms with Crippen LogP contribution in [0, 0.1) is 18.7 Å². The van der Waals surface area contributed by atoms with Gasteiger partial charge in [0.15, 0.2) is 0 Å². The first-order chi connectivity index (χ1) is 9.76. The Balaban J connectivity index is 1.94. The number of ether oxygens (including phenoxy) is 1. The standard InChI is InChI=1S/C16H23FN2O2/c1-11-5-7-18-13(14(11)17)9-12-6-8-19(10-12)15(20)21-16(2,3)4/h5,7,12H,6,8-10H2,1-4H3. The van der Waals surface area contributed by atoms with E-state index in [4.69, 9.17) is 4.74 Å². The normalized spacial score (nSPS) is 18.9. The molecule has 0 N–H and O–H groups in total. The molecule has 116 valence electrons. The molecule has 1 aromatic rings. The largest absolute Gasteiger partial charge is 0.444 e. The monoisotopic (exact) mass is 294 g/mol. The van der Waals surface area contributed by atoms with Crippen LogP contribution in [0.25, 0.3) is 0 Å². The fraction of sp³-hybridized carbons (Fsp3) is 0.625. The molecule has 21 heavy (non-hydrogen) atoms. The summed E-state index contributed by atoms with van der Waals surface area (Å²) in [6.45, 7) is 8.55. The zero-order valence-corrected chi connectivity index (χ0v) is 13.1. The van der Waals surface area contributed by atoms with Crippen molar-refractivity contribution in [1.29, 1.82) is 0 Å². The summed E-state index contributed by atoms with van der Waals surface area (Å²) in [6, 6.07) is 1.67. The fourth-order valence-electron chi connectivity index (χ4n) is 2.50. The highest BCUT2D eigenvalue weighted by Crippen LogP contribution is 2.23. The first-order valence-corrected chi connectivity index (χ1v) is 7.34. The number of amides is 1. The van der Waals surface area contributed by atoms with Gasteiger partial charge >= 0.3 is 6.09 Å². The minimum Gasteiger partial charge on any atom is -0.444 e. The van der Waals surface area contributed by atoms with Crippen LogP contribution < -0.4 is 0 Å². The van der Waals surface area contributed by atoms with E-state index in [0.29, 0.717) is 30.8 Å². The van der Waals surface area contributed by atoms with E-state index in [-0.39, 0.29) is 17.8 Å². The second-order valence-corrected chi connectivity index (χ2v) is 6.67. The predicted molar refractivity (Wildman–Crippen MR) is 78.6 cm³/mol. The highest BCUT2D eigenvalue weighted by Gasteiger charge is 2.30. The highest BCUT2D eigenvalue weighted by atomic mass is 19.1. The molecule has 1 aliphatic heterocycles. The molecule has 0 spiro atoms. The first kappa shape index (κ1) is 15.7. The number of pyridine rings is 1. The number of carbonyl (C=O) groups excluding carboxylic acids is 1. The van der Waals surface area contributed by atoms with Gasteiger partial charge in [0.1, 0.15) is 11.4 Å². The molecule has 1 aliphatic rings. The molecule has 5 heteroatoms. The molecule has 2 heterocycles. The fourth-order valence-corrected chi connectivity index (χ4v) is 2.50. The first-order valence-electron chi connectivity index (χ1n) is 7.34. The molecular formula is C16H23FN2O2. The third-order valence-corrected chi connectivity index (χ3v) is 3.57. The smallest absolute Gasteiger partial charge is 0.410 e. The van der Waals surface area contributed by atoms with Crippen LogP contribution in [0.3, 0.4) is 0 Å². The number of aromatic nitrogens is 1. The van der Waals surface area contributed by atoms with Crippen molar-refractivity contribution in [2.24, 2.45) is 5.92 Å². The number of likely N-dealkylation sites (tertiary alicyclic amines) is 1. The van der Waals surface area contributed by atoms with Crippen molar-refractivity contribution in [1.82, 2.24) is 9.88 Å². The number of rotatable bonds is 2. The number of halogens is 1. The molecule has 0 bridgehead atoms. The number of aryl methyl sites for hydroxylation is 1. The van der Waals surface area contributed by atoms with E-state index >= 15 is 0 Å². The Morgan fingerprint density at radius 3 is 2.90 bits per heavy atom. The van der Waals surface area contributed by atoms with E-state index in [1.807, 2.05) is 20.8 Å².